The number of Topliss-reactive ketones (excluding diaryl/α,β-unsaturated/α-hetero) is 2. The van der Waals surface area contributed by atoms with Gasteiger partial charge in [-0.2, -0.15) is 0 Å². The molecule has 0 saturated heterocycles. The van der Waals surface area contributed by atoms with Crippen LogP contribution in [0, 0.1) is 11.8 Å². The van der Waals surface area contributed by atoms with Crippen molar-refractivity contribution in [1.29, 1.82) is 0 Å². The number of nitrogens with zero attached hydrogens (tertiary/aromatic N) is 2. The largest absolute Gasteiger partial charge is 0.299 e. The van der Waals surface area contributed by atoms with Gasteiger partial charge in [0.15, 0.2) is 5.82 Å². The Morgan fingerprint density at radius 2 is 1.44 bits per heavy atom. The maximum absolute atomic E-state index is 12.9. The summed E-state index contributed by atoms with van der Waals surface area (Å²) < 4.78 is 0. The molecule has 4 heteroatoms. The molecule has 1 aliphatic rings. The molecule has 1 aromatic heterocycles. The molecule has 0 aliphatic heterocycles. The van der Waals surface area contributed by atoms with Crippen molar-refractivity contribution in [1.82, 2.24) is 9.97 Å². The molecular weight excluding hydrogens is 444 g/mol. The molecular formula is C32H46N2O2. The highest BCUT2D eigenvalue weighted by atomic mass is 16.1. The fourth-order valence-electron chi connectivity index (χ4n) is 5.38. The molecule has 0 bridgehead atoms. The first-order valence-electron chi connectivity index (χ1n) is 14.6. The Hall–Kier alpha value is -2.36. The number of hydrogen-bond acceptors (Lipinski definition) is 4. The van der Waals surface area contributed by atoms with Gasteiger partial charge < -0.3 is 0 Å². The van der Waals surface area contributed by atoms with Crippen LogP contribution in [0.3, 0.4) is 0 Å². The molecule has 4 nitrogen and oxygen atoms in total. The number of hydrogen-bond donors (Lipinski definition) is 0. The third kappa shape index (κ3) is 9.26. The molecule has 1 saturated carbocycles. The molecule has 0 radical (unpaired) electrons. The third-order valence-corrected chi connectivity index (χ3v) is 7.71. The van der Waals surface area contributed by atoms with Gasteiger partial charge in [0.25, 0.3) is 0 Å². The summed E-state index contributed by atoms with van der Waals surface area (Å²) in [4.78, 5) is 34.7. The Labute approximate surface area is 218 Å². The number of unbranched alkanes of at least 4 members (excludes halogenated alkanes) is 8. The van der Waals surface area contributed by atoms with Crippen LogP contribution >= 0.6 is 0 Å². The Balaban J connectivity index is 1.43. The quantitative estimate of drug-likeness (QED) is 0.176. The predicted molar refractivity (Wildman–Crippen MR) is 148 cm³/mol. The van der Waals surface area contributed by atoms with Gasteiger partial charge in [0.2, 0.25) is 0 Å². The van der Waals surface area contributed by atoms with Crippen molar-refractivity contribution in [3.8, 4) is 11.4 Å². The first-order valence-corrected chi connectivity index (χ1v) is 14.6. The van der Waals surface area contributed by atoms with Gasteiger partial charge in [0.1, 0.15) is 11.6 Å². The van der Waals surface area contributed by atoms with Gasteiger partial charge in [0.05, 0.1) is 5.92 Å². The second-order valence-electron chi connectivity index (χ2n) is 10.8. The van der Waals surface area contributed by atoms with Gasteiger partial charge in [-0.3, -0.25) is 9.59 Å². The molecule has 0 amide bonds. The molecule has 3 rings (SSSR count). The van der Waals surface area contributed by atoms with Crippen molar-refractivity contribution in [3.05, 3.63) is 47.8 Å². The smallest absolute Gasteiger partial charge is 0.159 e. The first-order chi connectivity index (χ1) is 17.6. The summed E-state index contributed by atoms with van der Waals surface area (Å²) in [6.07, 6.45) is 21.4. The molecule has 1 heterocycles. The second-order valence-corrected chi connectivity index (χ2v) is 10.8. The zero-order chi connectivity index (χ0) is 25.6. The van der Waals surface area contributed by atoms with Crippen LogP contribution in [0.2, 0.25) is 0 Å². The Kier molecular flexibility index (Phi) is 12.3. The minimum Gasteiger partial charge on any atom is -0.299 e. The minimum absolute atomic E-state index is 0.0775. The summed E-state index contributed by atoms with van der Waals surface area (Å²) in [7, 11) is 0. The summed E-state index contributed by atoms with van der Waals surface area (Å²) in [6.45, 7) is 4.47. The van der Waals surface area contributed by atoms with E-state index in [2.05, 4.69) is 23.8 Å². The van der Waals surface area contributed by atoms with E-state index in [9.17, 15) is 9.59 Å². The molecule has 2 unspecified atom stereocenters. The van der Waals surface area contributed by atoms with Crippen LogP contribution in [0.5, 0.6) is 0 Å². The molecule has 1 aliphatic carbocycles. The van der Waals surface area contributed by atoms with E-state index >= 15 is 0 Å². The van der Waals surface area contributed by atoms with Crippen molar-refractivity contribution in [2.75, 3.05) is 0 Å². The Bertz CT molecular complexity index is 920. The lowest BCUT2D eigenvalue weighted by molar-refractivity contribution is -0.135. The minimum atomic E-state index is -0.404. The standard InChI is InChI=1S/C32H46N2O2/c1-3-5-7-9-11-13-25-17-20-29(30(35)21-25)31(36)22-26-15-18-28(19-16-26)32-33-23-27(24-34-32)14-12-10-8-6-4-2/h15-16,18-19,23-25,29H,3-14,17,20-22H2,1-2H3. The van der Waals surface area contributed by atoms with Gasteiger partial charge in [-0.15, -0.1) is 0 Å². The molecule has 2 aromatic rings. The maximum atomic E-state index is 12.9. The van der Waals surface area contributed by atoms with Crippen LogP contribution in [0.25, 0.3) is 11.4 Å². The zero-order valence-corrected chi connectivity index (χ0v) is 22.6. The first kappa shape index (κ1) is 28.2. The number of aromatic nitrogens is 2. The van der Waals surface area contributed by atoms with Crippen LogP contribution in [0.15, 0.2) is 36.7 Å². The lowest BCUT2D eigenvalue weighted by atomic mass is 9.76. The highest BCUT2D eigenvalue weighted by molar-refractivity contribution is 6.03. The van der Waals surface area contributed by atoms with Crippen LogP contribution < -0.4 is 0 Å². The van der Waals surface area contributed by atoms with Crippen LogP contribution in [-0.4, -0.2) is 21.5 Å². The van der Waals surface area contributed by atoms with E-state index in [-0.39, 0.29) is 11.6 Å². The van der Waals surface area contributed by atoms with Crippen LogP contribution in [-0.2, 0) is 22.4 Å². The number of carbonyl (C=O) groups is 2. The molecule has 0 spiro atoms. The van der Waals surface area contributed by atoms with Gasteiger partial charge >= 0.3 is 0 Å². The molecule has 36 heavy (non-hydrogen) atoms. The molecule has 196 valence electrons. The lowest BCUT2D eigenvalue weighted by Gasteiger charge is -2.26. The van der Waals surface area contributed by atoms with Crippen molar-refractivity contribution in [3.63, 3.8) is 0 Å². The van der Waals surface area contributed by atoms with Crippen LogP contribution in [0.1, 0.15) is 115 Å². The van der Waals surface area contributed by atoms with E-state index in [0.29, 0.717) is 24.6 Å². The monoisotopic (exact) mass is 490 g/mol. The maximum Gasteiger partial charge on any atom is 0.159 e. The Morgan fingerprint density at radius 1 is 0.806 bits per heavy atom. The van der Waals surface area contributed by atoms with Crippen LogP contribution in [0.4, 0.5) is 0 Å². The van der Waals surface area contributed by atoms with E-state index in [0.717, 1.165) is 36.8 Å². The summed E-state index contributed by atoms with van der Waals surface area (Å²) >= 11 is 0. The average Bonchev–Trinajstić information content (AvgIpc) is 2.89. The topological polar surface area (TPSA) is 59.9 Å². The summed E-state index contributed by atoms with van der Waals surface area (Å²) in [5, 5.41) is 0. The predicted octanol–water partition coefficient (Wildman–Crippen LogP) is 8.11. The van der Waals surface area contributed by atoms with Gasteiger partial charge in [-0.1, -0.05) is 102 Å². The number of ketones is 2. The van der Waals surface area contributed by atoms with Gasteiger partial charge in [0, 0.05) is 30.8 Å². The van der Waals surface area contributed by atoms with Crippen molar-refractivity contribution >= 4 is 11.6 Å². The van der Waals surface area contributed by atoms with E-state index in [4.69, 9.17) is 0 Å². The van der Waals surface area contributed by atoms with Gasteiger partial charge in [-0.25, -0.2) is 9.97 Å². The highest BCUT2D eigenvalue weighted by Crippen LogP contribution is 2.31. The van der Waals surface area contributed by atoms with E-state index < -0.39 is 5.92 Å². The third-order valence-electron chi connectivity index (χ3n) is 7.71. The van der Waals surface area contributed by atoms with E-state index in [1.165, 1.54) is 69.8 Å². The number of rotatable bonds is 16. The second kappa shape index (κ2) is 15.7. The van der Waals surface area contributed by atoms with Crippen molar-refractivity contribution < 1.29 is 9.59 Å². The fraction of sp³-hybridized carbons (Fsp3) is 0.625. The summed E-state index contributed by atoms with van der Waals surface area (Å²) in [5.41, 5.74) is 3.10. The normalized spacial score (nSPS) is 17.9. The molecule has 0 N–H and O–H groups in total. The summed E-state index contributed by atoms with van der Waals surface area (Å²) in [5.74, 6) is 1.04. The number of carbonyl (C=O) groups excluding carboxylic acids is 2. The molecule has 2 atom stereocenters. The molecule has 1 aromatic carbocycles. The van der Waals surface area contributed by atoms with Crippen molar-refractivity contribution in [2.45, 2.75) is 117 Å². The van der Waals surface area contributed by atoms with E-state index in [1.54, 1.807) is 0 Å². The number of aryl methyl sites for hydroxylation is 1. The fourth-order valence-corrected chi connectivity index (χ4v) is 5.38. The molecule has 1 fully saturated rings. The lowest BCUT2D eigenvalue weighted by Crippen LogP contribution is -2.32. The van der Waals surface area contributed by atoms with Crippen molar-refractivity contribution in [2.24, 2.45) is 11.8 Å². The average molecular weight is 491 g/mol. The SMILES string of the molecule is CCCCCCCc1cnc(-c2ccc(CC(=O)C3CCC(CCCCCCC)CC3=O)cc2)nc1. The van der Waals surface area contributed by atoms with Gasteiger partial charge in [-0.05, 0) is 42.7 Å². The Morgan fingerprint density at radius 3 is 2.08 bits per heavy atom. The number of benzene rings is 1. The zero-order valence-electron chi connectivity index (χ0n) is 22.6. The van der Waals surface area contributed by atoms with E-state index in [1.807, 2.05) is 36.7 Å². The summed E-state index contributed by atoms with van der Waals surface area (Å²) in [6, 6.07) is 7.93. The highest BCUT2D eigenvalue weighted by Gasteiger charge is 2.32.